The molecule has 0 bridgehead atoms. The molecule has 0 radical (unpaired) electrons. The molecule has 1 atom stereocenters. The number of esters is 2. The Morgan fingerprint density at radius 3 is 1.79 bits per heavy atom. The molecule has 0 aromatic rings. The molecule has 0 aromatic heterocycles. The van der Waals surface area contributed by atoms with Crippen LogP contribution in [0.1, 0.15) is 84.5 Å². The van der Waals surface area contributed by atoms with Crippen molar-refractivity contribution < 1.29 is 28.7 Å². The quantitative estimate of drug-likeness (QED) is 0.207. The van der Waals surface area contributed by atoms with Crippen molar-refractivity contribution in [2.45, 2.75) is 90.6 Å². The molecule has 0 unspecified atom stereocenters. The molecule has 0 spiro atoms. The lowest BCUT2D eigenvalue weighted by atomic mass is 10.1. The van der Waals surface area contributed by atoms with Crippen LogP contribution in [0.4, 0.5) is 0 Å². The Kier molecular flexibility index (Phi) is 16.0. The Bertz CT molecular complexity index is 431. The van der Waals surface area contributed by atoms with E-state index in [2.05, 4.69) is 0 Å². The van der Waals surface area contributed by atoms with Crippen molar-refractivity contribution in [3.63, 3.8) is 0 Å². The topological polar surface area (TPSA) is 72.8 Å². The van der Waals surface area contributed by atoms with Gasteiger partial charge in [0.1, 0.15) is 6.54 Å². The van der Waals surface area contributed by atoms with Gasteiger partial charge in [0.15, 0.2) is 6.10 Å². The number of likely N-dealkylation sites (N-methyl/N-ethyl adjacent to an activating group) is 1. The number of aliphatic hydroxyl groups is 1. The van der Waals surface area contributed by atoms with Gasteiger partial charge in [0.05, 0.1) is 34.2 Å². The number of rotatable bonds is 18. The molecule has 0 aliphatic rings. The van der Waals surface area contributed by atoms with E-state index in [4.69, 9.17) is 14.6 Å². The van der Waals surface area contributed by atoms with Crippen molar-refractivity contribution in [3.8, 4) is 0 Å². The summed E-state index contributed by atoms with van der Waals surface area (Å²) in [4.78, 5) is 24.2. The van der Waals surface area contributed by atoms with E-state index in [9.17, 15) is 9.59 Å². The number of hydrogen-bond donors (Lipinski definition) is 1. The third-order valence-electron chi connectivity index (χ3n) is 4.58. The molecular formula is C23H46NO5+. The van der Waals surface area contributed by atoms with E-state index in [1.54, 1.807) is 0 Å². The summed E-state index contributed by atoms with van der Waals surface area (Å²) >= 11 is 0. The summed E-state index contributed by atoms with van der Waals surface area (Å²) in [6.07, 6.45) is 10.1. The highest BCUT2D eigenvalue weighted by Gasteiger charge is 2.25. The fourth-order valence-electron chi connectivity index (χ4n) is 3.20. The molecule has 0 rings (SSSR count). The predicted molar refractivity (Wildman–Crippen MR) is 116 cm³/mol. The van der Waals surface area contributed by atoms with Crippen molar-refractivity contribution in [3.05, 3.63) is 0 Å². The first-order valence-electron chi connectivity index (χ1n) is 11.4. The van der Waals surface area contributed by atoms with E-state index >= 15 is 0 Å². The smallest absolute Gasteiger partial charge is 0.309 e. The minimum Gasteiger partial charge on any atom is -0.466 e. The second kappa shape index (κ2) is 16.6. The molecule has 6 nitrogen and oxygen atoms in total. The minimum atomic E-state index is -0.445. The van der Waals surface area contributed by atoms with Gasteiger partial charge in [-0.15, -0.1) is 0 Å². The zero-order valence-electron chi connectivity index (χ0n) is 19.6. The molecule has 6 heteroatoms. The Morgan fingerprint density at radius 2 is 1.31 bits per heavy atom. The van der Waals surface area contributed by atoms with Gasteiger partial charge in [0, 0.05) is 13.0 Å². The van der Waals surface area contributed by atoms with Crippen LogP contribution in [0.25, 0.3) is 0 Å². The summed E-state index contributed by atoms with van der Waals surface area (Å²) in [6.45, 7) is 5.27. The SMILES string of the molecule is CC(C)CC(=O)O[C@H](CC(=O)OCCCCCCCCCCCO)C[N+](C)(C)C. The fraction of sp³-hybridized carbons (Fsp3) is 0.913. The summed E-state index contributed by atoms with van der Waals surface area (Å²) < 4.78 is 11.5. The van der Waals surface area contributed by atoms with Crippen LogP contribution in [0.3, 0.4) is 0 Å². The number of aliphatic hydroxyl groups excluding tert-OH is 1. The second-order valence-corrected chi connectivity index (χ2v) is 9.51. The Labute approximate surface area is 178 Å². The van der Waals surface area contributed by atoms with Gasteiger partial charge in [0.2, 0.25) is 0 Å². The van der Waals surface area contributed by atoms with E-state index in [1.165, 1.54) is 25.7 Å². The van der Waals surface area contributed by atoms with Crippen LogP contribution >= 0.6 is 0 Å². The van der Waals surface area contributed by atoms with Gasteiger partial charge in [-0.3, -0.25) is 9.59 Å². The lowest BCUT2D eigenvalue weighted by molar-refractivity contribution is -0.873. The van der Waals surface area contributed by atoms with Gasteiger partial charge in [-0.05, 0) is 18.8 Å². The van der Waals surface area contributed by atoms with Gasteiger partial charge in [-0.25, -0.2) is 0 Å². The number of nitrogens with zero attached hydrogens (tertiary/aromatic N) is 1. The van der Waals surface area contributed by atoms with Crippen LogP contribution in [0.5, 0.6) is 0 Å². The summed E-state index contributed by atoms with van der Waals surface area (Å²) in [5.41, 5.74) is 0. The number of unbranched alkanes of at least 4 members (excludes halogenated alkanes) is 8. The highest BCUT2D eigenvalue weighted by atomic mass is 16.6. The molecule has 0 aromatic carbocycles. The van der Waals surface area contributed by atoms with Gasteiger partial charge < -0.3 is 19.1 Å². The van der Waals surface area contributed by atoms with Crippen LogP contribution in [-0.4, -0.2) is 68.5 Å². The first-order valence-corrected chi connectivity index (χ1v) is 11.4. The first-order chi connectivity index (χ1) is 13.6. The summed E-state index contributed by atoms with van der Waals surface area (Å²) in [7, 11) is 6.05. The highest BCUT2D eigenvalue weighted by Crippen LogP contribution is 2.12. The summed E-state index contributed by atoms with van der Waals surface area (Å²) in [5, 5.41) is 8.74. The maximum Gasteiger partial charge on any atom is 0.309 e. The zero-order valence-corrected chi connectivity index (χ0v) is 19.6. The van der Waals surface area contributed by atoms with E-state index in [1.807, 2.05) is 35.0 Å². The first kappa shape index (κ1) is 27.9. The average Bonchev–Trinajstić information content (AvgIpc) is 2.57. The van der Waals surface area contributed by atoms with Gasteiger partial charge in [0.25, 0.3) is 0 Å². The van der Waals surface area contributed by atoms with Gasteiger partial charge in [-0.2, -0.15) is 0 Å². The minimum absolute atomic E-state index is 0.118. The number of carbonyl (C=O) groups is 2. The van der Waals surface area contributed by atoms with Crippen molar-refractivity contribution >= 4 is 11.9 Å². The zero-order chi connectivity index (χ0) is 22.1. The maximum absolute atomic E-state index is 12.2. The van der Waals surface area contributed by atoms with Crippen LogP contribution in [0, 0.1) is 5.92 Å². The lowest BCUT2D eigenvalue weighted by Gasteiger charge is -2.28. The normalized spacial score (nSPS) is 12.8. The summed E-state index contributed by atoms with van der Waals surface area (Å²) in [6, 6.07) is 0. The second-order valence-electron chi connectivity index (χ2n) is 9.51. The molecule has 0 saturated carbocycles. The van der Waals surface area contributed by atoms with Gasteiger partial charge >= 0.3 is 11.9 Å². The number of ether oxygens (including phenoxy) is 2. The van der Waals surface area contributed by atoms with Crippen LogP contribution in [0.2, 0.25) is 0 Å². The molecule has 0 heterocycles. The van der Waals surface area contributed by atoms with E-state index in [0.29, 0.717) is 30.7 Å². The fourth-order valence-corrected chi connectivity index (χ4v) is 3.20. The lowest BCUT2D eigenvalue weighted by Crippen LogP contribution is -2.44. The van der Waals surface area contributed by atoms with Crippen molar-refractivity contribution in [2.24, 2.45) is 5.92 Å². The third kappa shape index (κ3) is 19.9. The molecular weight excluding hydrogens is 370 g/mol. The number of hydrogen-bond acceptors (Lipinski definition) is 5. The monoisotopic (exact) mass is 416 g/mol. The van der Waals surface area contributed by atoms with E-state index in [0.717, 1.165) is 32.1 Å². The Hall–Kier alpha value is -1.14. The maximum atomic E-state index is 12.2. The van der Waals surface area contributed by atoms with Crippen molar-refractivity contribution in [1.82, 2.24) is 0 Å². The van der Waals surface area contributed by atoms with Crippen LogP contribution < -0.4 is 0 Å². The molecule has 0 saturated heterocycles. The number of quaternary nitrogens is 1. The molecule has 29 heavy (non-hydrogen) atoms. The standard InChI is InChI=1S/C23H46NO5/c1-20(2)17-23(27)29-21(19-24(3,4)5)18-22(26)28-16-14-12-10-8-6-7-9-11-13-15-25/h20-21,25H,6-19H2,1-5H3/q+1/t21-/m1/s1. The van der Waals surface area contributed by atoms with E-state index in [-0.39, 0.29) is 24.3 Å². The van der Waals surface area contributed by atoms with Crippen molar-refractivity contribution in [1.29, 1.82) is 0 Å². The molecule has 0 amide bonds. The third-order valence-corrected chi connectivity index (χ3v) is 4.58. The van der Waals surface area contributed by atoms with Crippen molar-refractivity contribution in [2.75, 3.05) is 40.9 Å². The van der Waals surface area contributed by atoms with Gasteiger partial charge in [-0.1, -0.05) is 58.8 Å². The largest absolute Gasteiger partial charge is 0.466 e. The summed E-state index contributed by atoms with van der Waals surface area (Å²) in [5.74, 6) is -0.299. The highest BCUT2D eigenvalue weighted by molar-refractivity contribution is 5.72. The Morgan fingerprint density at radius 1 is 0.793 bits per heavy atom. The predicted octanol–water partition coefficient (Wildman–Crippen LogP) is 4.09. The molecule has 0 fully saturated rings. The number of carbonyl (C=O) groups excluding carboxylic acids is 2. The molecule has 0 aliphatic heterocycles. The average molecular weight is 417 g/mol. The Balaban J connectivity index is 3.96. The molecule has 172 valence electrons. The van der Waals surface area contributed by atoms with E-state index < -0.39 is 6.10 Å². The van der Waals surface area contributed by atoms with Crippen LogP contribution in [-0.2, 0) is 19.1 Å². The molecule has 0 aliphatic carbocycles. The molecule has 1 N–H and O–H groups in total. The van der Waals surface area contributed by atoms with Crippen LogP contribution in [0.15, 0.2) is 0 Å².